The summed E-state index contributed by atoms with van der Waals surface area (Å²) in [7, 11) is 1.51. The normalized spacial score (nSPS) is 13.0. The van der Waals surface area contributed by atoms with Crippen LogP contribution < -0.4 is 15.4 Å². The molecule has 29 heavy (non-hydrogen) atoms. The number of methoxy groups -OCH3 is 1. The van der Waals surface area contributed by atoms with Crippen molar-refractivity contribution in [1.82, 2.24) is 15.0 Å². The predicted octanol–water partition coefficient (Wildman–Crippen LogP) is 2.77. The van der Waals surface area contributed by atoms with Crippen LogP contribution in [0, 0.1) is 0 Å². The second kappa shape index (κ2) is 8.14. The number of carboxylic acid groups (broad SMARTS) is 1. The second-order valence-corrected chi connectivity index (χ2v) is 6.84. The summed E-state index contributed by atoms with van der Waals surface area (Å²) in [6.07, 6.45) is 1.84. The number of carbonyl (C=O) groups is 1. The maximum Gasteiger partial charge on any atom is 0.335 e. The quantitative estimate of drug-likeness (QED) is 0.564. The van der Waals surface area contributed by atoms with Crippen LogP contribution in [0.2, 0.25) is 0 Å². The number of rotatable bonds is 7. The van der Waals surface area contributed by atoms with Crippen molar-refractivity contribution >= 4 is 17.9 Å². The average Bonchev–Trinajstić information content (AvgIpc) is 3.14. The first-order chi connectivity index (χ1) is 14.1. The molecule has 3 N–H and O–H groups in total. The van der Waals surface area contributed by atoms with Crippen molar-refractivity contribution < 1.29 is 14.6 Å². The van der Waals surface area contributed by atoms with Gasteiger partial charge in [0.05, 0.1) is 12.7 Å². The summed E-state index contributed by atoms with van der Waals surface area (Å²) < 4.78 is 5.21. The van der Waals surface area contributed by atoms with Crippen LogP contribution in [0.25, 0.3) is 0 Å². The molecular weight excluding hydrogens is 370 g/mol. The molecule has 1 aliphatic rings. The highest BCUT2D eigenvalue weighted by Crippen LogP contribution is 2.24. The summed E-state index contributed by atoms with van der Waals surface area (Å²) in [5.41, 5.74) is 3.85. The van der Waals surface area contributed by atoms with Crippen molar-refractivity contribution in [3.05, 3.63) is 70.8 Å². The van der Waals surface area contributed by atoms with Crippen molar-refractivity contribution in [1.29, 1.82) is 0 Å². The molecule has 0 aliphatic heterocycles. The molecular formula is C21H21N5O3. The number of aromatic carboxylic acids is 1. The van der Waals surface area contributed by atoms with Crippen LogP contribution in [0.4, 0.5) is 11.9 Å². The lowest BCUT2D eigenvalue weighted by Crippen LogP contribution is -2.22. The van der Waals surface area contributed by atoms with Crippen LogP contribution >= 0.6 is 0 Å². The third kappa shape index (κ3) is 4.43. The van der Waals surface area contributed by atoms with Crippen LogP contribution in [-0.2, 0) is 19.4 Å². The van der Waals surface area contributed by atoms with Crippen molar-refractivity contribution in [2.45, 2.75) is 25.4 Å². The smallest absolute Gasteiger partial charge is 0.335 e. The SMILES string of the molecule is COc1nc(NCc2ccc(C(=O)O)cc2)nc(NC2Cc3ccccc3C2)n1. The van der Waals surface area contributed by atoms with Gasteiger partial charge in [0.1, 0.15) is 0 Å². The summed E-state index contributed by atoms with van der Waals surface area (Å²) in [6.45, 7) is 0.446. The van der Waals surface area contributed by atoms with Gasteiger partial charge in [-0.3, -0.25) is 0 Å². The number of anilines is 2. The van der Waals surface area contributed by atoms with Gasteiger partial charge in [-0.15, -0.1) is 0 Å². The Labute approximate surface area is 168 Å². The van der Waals surface area contributed by atoms with E-state index in [-0.39, 0.29) is 17.6 Å². The van der Waals surface area contributed by atoms with Gasteiger partial charge < -0.3 is 20.5 Å². The fourth-order valence-corrected chi connectivity index (χ4v) is 3.38. The predicted molar refractivity (Wildman–Crippen MR) is 108 cm³/mol. The van der Waals surface area contributed by atoms with E-state index in [2.05, 4.69) is 49.9 Å². The average molecular weight is 391 g/mol. The Morgan fingerprint density at radius 3 is 2.31 bits per heavy atom. The molecule has 0 radical (unpaired) electrons. The zero-order chi connectivity index (χ0) is 20.2. The molecule has 0 spiro atoms. The van der Waals surface area contributed by atoms with Gasteiger partial charge in [0.25, 0.3) is 0 Å². The Morgan fingerprint density at radius 1 is 1.03 bits per heavy atom. The number of nitrogens with zero attached hydrogens (tertiary/aromatic N) is 3. The Morgan fingerprint density at radius 2 is 1.69 bits per heavy atom. The topological polar surface area (TPSA) is 109 Å². The van der Waals surface area contributed by atoms with E-state index in [0.29, 0.717) is 18.4 Å². The first kappa shape index (κ1) is 18.7. The monoisotopic (exact) mass is 391 g/mol. The zero-order valence-corrected chi connectivity index (χ0v) is 15.9. The standard InChI is InChI=1S/C21H21N5O3/c1-29-21-25-19(22-12-13-6-8-14(9-7-13)18(27)28)24-20(26-21)23-17-10-15-4-2-3-5-16(15)11-17/h2-9,17H,10-12H2,1H3,(H,27,28)(H2,22,23,24,25,26). The van der Waals surface area contributed by atoms with Crippen LogP contribution in [0.5, 0.6) is 6.01 Å². The summed E-state index contributed by atoms with van der Waals surface area (Å²) in [4.78, 5) is 23.9. The molecule has 0 unspecified atom stereocenters. The van der Waals surface area contributed by atoms with Crippen LogP contribution in [-0.4, -0.2) is 39.2 Å². The number of benzene rings is 2. The summed E-state index contributed by atoms with van der Waals surface area (Å²) in [5.74, 6) is -0.105. The molecule has 0 atom stereocenters. The molecule has 0 bridgehead atoms. The molecule has 8 nitrogen and oxygen atoms in total. The number of carboxylic acids is 1. The van der Waals surface area contributed by atoms with Gasteiger partial charge in [-0.1, -0.05) is 36.4 Å². The highest BCUT2D eigenvalue weighted by Gasteiger charge is 2.22. The lowest BCUT2D eigenvalue weighted by molar-refractivity contribution is 0.0697. The van der Waals surface area contributed by atoms with Gasteiger partial charge in [0.15, 0.2) is 0 Å². The molecule has 0 fully saturated rings. The fraction of sp³-hybridized carbons (Fsp3) is 0.238. The Balaban J connectivity index is 1.43. The Hall–Kier alpha value is -3.68. The number of hydrogen-bond acceptors (Lipinski definition) is 7. The maximum absolute atomic E-state index is 11.0. The van der Waals surface area contributed by atoms with Gasteiger partial charge in [-0.05, 0) is 41.7 Å². The third-order valence-corrected chi connectivity index (χ3v) is 4.83. The number of aromatic nitrogens is 3. The molecule has 0 saturated heterocycles. The highest BCUT2D eigenvalue weighted by molar-refractivity contribution is 5.87. The zero-order valence-electron chi connectivity index (χ0n) is 15.9. The molecule has 1 aliphatic carbocycles. The maximum atomic E-state index is 11.0. The highest BCUT2D eigenvalue weighted by atomic mass is 16.5. The first-order valence-corrected chi connectivity index (χ1v) is 9.30. The van der Waals surface area contributed by atoms with E-state index in [1.54, 1.807) is 24.3 Å². The molecule has 0 saturated carbocycles. The molecule has 8 heteroatoms. The van der Waals surface area contributed by atoms with Gasteiger partial charge >= 0.3 is 12.0 Å². The third-order valence-electron chi connectivity index (χ3n) is 4.83. The lowest BCUT2D eigenvalue weighted by Gasteiger charge is -2.14. The van der Waals surface area contributed by atoms with Crippen molar-refractivity contribution in [3.63, 3.8) is 0 Å². The van der Waals surface area contributed by atoms with E-state index >= 15 is 0 Å². The second-order valence-electron chi connectivity index (χ2n) is 6.84. The molecule has 2 aromatic carbocycles. The lowest BCUT2D eigenvalue weighted by atomic mass is 10.1. The van der Waals surface area contributed by atoms with E-state index in [4.69, 9.17) is 9.84 Å². The molecule has 1 aromatic heterocycles. The summed E-state index contributed by atoms with van der Waals surface area (Å²) in [5, 5.41) is 15.5. The number of fused-ring (bicyclic) bond motifs is 1. The largest absolute Gasteiger partial charge is 0.478 e. The number of ether oxygens (including phenoxy) is 1. The molecule has 148 valence electrons. The minimum absolute atomic E-state index is 0.218. The van der Waals surface area contributed by atoms with Gasteiger partial charge in [-0.25, -0.2) is 4.79 Å². The Bertz CT molecular complexity index is 998. The van der Waals surface area contributed by atoms with Crippen LogP contribution in [0.3, 0.4) is 0 Å². The summed E-state index contributed by atoms with van der Waals surface area (Å²) in [6, 6.07) is 15.5. The van der Waals surface area contributed by atoms with E-state index < -0.39 is 5.97 Å². The summed E-state index contributed by atoms with van der Waals surface area (Å²) >= 11 is 0. The molecule has 4 rings (SSSR count). The molecule has 3 aromatic rings. The molecule has 0 amide bonds. The fourth-order valence-electron chi connectivity index (χ4n) is 3.38. The van der Waals surface area contributed by atoms with Crippen molar-refractivity contribution in [2.75, 3.05) is 17.7 Å². The van der Waals surface area contributed by atoms with E-state index in [9.17, 15) is 4.79 Å². The first-order valence-electron chi connectivity index (χ1n) is 9.30. The number of hydrogen-bond donors (Lipinski definition) is 3. The van der Waals surface area contributed by atoms with E-state index in [1.807, 2.05) is 0 Å². The van der Waals surface area contributed by atoms with Crippen LogP contribution in [0.1, 0.15) is 27.0 Å². The van der Waals surface area contributed by atoms with E-state index in [1.165, 1.54) is 18.2 Å². The van der Waals surface area contributed by atoms with Gasteiger partial charge in [0, 0.05) is 12.6 Å². The molecule has 1 heterocycles. The van der Waals surface area contributed by atoms with Crippen molar-refractivity contribution in [2.24, 2.45) is 0 Å². The van der Waals surface area contributed by atoms with Crippen LogP contribution in [0.15, 0.2) is 48.5 Å². The van der Waals surface area contributed by atoms with Gasteiger partial charge in [0.2, 0.25) is 11.9 Å². The van der Waals surface area contributed by atoms with E-state index in [0.717, 1.165) is 18.4 Å². The van der Waals surface area contributed by atoms with Crippen molar-refractivity contribution in [3.8, 4) is 6.01 Å². The Kier molecular flexibility index (Phi) is 5.24. The number of nitrogens with one attached hydrogen (secondary N) is 2. The van der Waals surface area contributed by atoms with Gasteiger partial charge in [-0.2, -0.15) is 15.0 Å². The minimum Gasteiger partial charge on any atom is -0.478 e. The minimum atomic E-state index is -0.948.